The number of rotatable bonds is 61. The first-order chi connectivity index (χ1) is 39.7. The average Bonchev–Trinajstić information content (AvgIpc) is 1.91. The lowest BCUT2D eigenvalue weighted by molar-refractivity contribution is -0.425. The van der Waals surface area contributed by atoms with Crippen LogP contribution in [0.4, 0.5) is 0 Å². The number of thioether (sulfide) groups is 2. The largest absolute Gasteiger partial charge is 0.465 e. The smallest absolute Gasteiger partial charge is 0.435 e. The molecule has 6 radical (unpaired) electrons. The highest BCUT2D eigenvalue weighted by Crippen LogP contribution is 2.53. The Hall–Kier alpha value is -0.339. The number of ether oxygens (including phenoxy) is 5. The van der Waals surface area contributed by atoms with Crippen molar-refractivity contribution in [1.82, 2.24) is 0 Å². The Labute approximate surface area is 523 Å². The van der Waals surface area contributed by atoms with Crippen LogP contribution < -0.4 is 0 Å². The van der Waals surface area contributed by atoms with Crippen molar-refractivity contribution in [2.24, 2.45) is 10.8 Å². The average molecular weight is 1270 g/mol. The lowest BCUT2D eigenvalue weighted by Crippen LogP contribution is -2.68. The van der Waals surface area contributed by atoms with Crippen LogP contribution in [0.5, 0.6) is 0 Å². The van der Waals surface area contributed by atoms with E-state index in [0.717, 1.165) is 109 Å². The Morgan fingerprint density at radius 1 is 0.451 bits per heavy atom. The maximum absolute atomic E-state index is 14.0. The first-order valence-electron chi connectivity index (χ1n) is 32.4. The van der Waals surface area contributed by atoms with Gasteiger partial charge in [-0.25, -0.2) is 0 Å². The third-order valence-corrected chi connectivity index (χ3v) is 20.3. The molecule has 480 valence electrons. The molecule has 0 spiro atoms. The summed E-state index contributed by atoms with van der Waals surface area (Å²) in [6, 6.07) is 0.652. The minimum atomic E-state index is -1.77. The zero-order valence-electron chi connectivity index (χ0n) is 53.7. The van der Waals surface area contributed by atoms with Crippen LogP contribution in [0.3, 0.4) is 0 Å². The van der Waals surface area contributed by atoms with Crippen LogP contribution in [0.25, 0.3) is 0 Å². The summed E-state index contributed by atoms with van der Waals surface area (Å²) in [6.45, 7) is 23.5. The summed E-state index contributed by atoms with van der Waals surface area (Å²) < 4.78 is 66.8. The Balaban J connectivity index is 7.68. The SMILES string of the molecule is CCCCCCCC(=O)OCC(CC)(CO[Si]OC(C)(CCCSC(=O)CCCCCCC)C(CC)(COC(=O)CCCCCCC)C(OCC)(OCC)O[Si]CCCSC(=O)CCCCCCC)C(CCCS)(OCC)O[Si]OCC. The van der Waals surface area contributed by atoms with Gasteiger partial charge in [0.1, 0.15) is 18.6 Å². The molecule has 14 nitrogen and oxygen atoms in total. The van der Waals surface area contributed by atoms with E-state index < -0.39 is 38.2 Å². The molecule has 82 heavy (non-hydrogen) atoms. The van der Waals surface area contributed by atoms with Gasteiger partial charge >= 0.3 is 32.0 Å². The van der Waals surface area contributed by atoms with Gasteiger partial charge in [-0.3, -0.25) is 19.2 Å². The first kappa shape index (κ1) is 81.7. The molecule has 0 saturated heterocycles. The monoisotopic (exact) mass is 1270 g/mol. The van der Waals surface area contributed by atoms with Crippen LogP contribution in [-0.2, 0) is 65.0 Å². The van der Waals surface area contributed by atoms with E-state index in [1.165, 1.54) is 42.8 Å². The second-order valence-electron chi connectivity index (χ2n) is 21.7. The first-order valence-corrected chi connectivity index (χ1v) is 37.7. The normalized spacial score (nSPS) is 14.9. The molecule has 0 heterocycles. The molecule has 0 fully saturated rings. The Bertz CT molecular complexity index is 1570. The summed E-state index contributed by atoms with van der Waals surface area (Å²) in [6.07, 6.45) is 26.1. The molecular weight excluding hydrogens is 1150 g/mol. The van der Waals surface area contributed by atoms with Gasteiger partial charge in [0.25, 0.3) is 5.97 Å². The number of carbonyl (C=O) groups is 4. The molecule has 0 rings (SSSR count). The number of hydrogen-bond donors (Lipinski definition) is 1. The number of hydrogen-bond acceptors (Lipinski definition) is 17. The lowest BCUT2D eigenvalue weighted by Gasteiger charge is -2.56. The van der Waals surface area contributed by atoms with E-state index in [0.29, 0.717) is 101 Å². The van der Waals surface area contributed by atoms with Crippen LogP contribution in [0.2, 0.25) is 6.04 Å². The molecule has 4 unspecified atom stereocenters. The maximum atomic E-state index is 14.0. The van der Waals surface area contributed by atoms with Crippen molar-refractivity contribution in [2.45, 2.75) is 299 Å². The molecule has 0 saturated carbocycles. The fraction of sp³-hybridized carbons (Fsp3) is 0.935. The molecule has 0 aromatic rings. The maximum Gasteiger partial charge on any atom is 0.435 e. The predicted octanol–water partition coefficient (Wildman–Crippen LogP) is 16.1. The van der Waals surface area contributed by atoms with Crippen LogP contribution in [0.15, 0.2) is 0 Å². The Kier molecular flexibility index (Phi) is 52.4. The number of thiol groups is 1. The molecule has 20 heteroatoms. The number of carbonyl (C=O) groups excluding carboxylic acids is 4. The van der Waals surface area contributed by atoms with Crippen LogP contribution in [-0.4, -0.2) is 133 Å². The minimum Gasteiger partial charge on any atom is -0.465 e. The zero-order chi connectivity index (χ0) is 61.1. The molecule has 0 aliphatic carbocycles. The van der Waals surface area contributed by atoms with Crippen molar-refractivity contribution in [3.63, 3.8) is 0 Å². The minimum absolute atomic E-state index is 0.0268. The number of esters is 2. The van der Waals surface area contributed by atoms with Crippen molar-refractivity contribution in [2.75, 3.05) is 63.5 Å². The van der Waals surface area contributed by atoms with Crippen LogP contribution in [0.1, 0.15) is 275 Å². The predicted molar refractivity (Wildman–Crippen MR) is 344 cm³/mol. The highest BCUT2D eigenvalue weighted by molar-refractivity contribution is 8.13. The molecule has 0 bridgehead atoms. The molecule has 0 aliphatic heterocycles. The van der Waals surface area contributed by atoms with Crippen molar-refractivity contribution in [3.05, 3.63) is 0 Å². The molecular formula is C62H118O14S3Si3. The Morgan fingerprint density at radius 2 is 0.927 bits per heavy atom. The highest BCUT2D eigenvalue weighted by Gasteiger charge is 2.65. The van der Waals surface area contributed by atoms with E-state index in [9.17, 15) is 19.2 Å². The summed E-state index contributed by atoms with van der Waals surface area (Å²) in [5, 5.41) is 0.396. The number of unbranched alkanes of at least 4 members (excludes halogenated alkanes) is 16. The summed E-state index contributed by atoms with van der Waals surface area (Å²) in [5.74, 6) is -1.86. The lowest BCUT2D eigenvalue weighted by atomic mass is 9.67. The van der Waals surface area contributed by atoms with Crippen molar-refractivity contribution >= 4 is 88.1 Å². The van der Waals surface area contributed by atoms with Gasteiger partial charge in [-0.15, -0.1) is 0 Å². The van der Waals surface area contributed by atoms with Crippen molar-refractivity contribution in [3.8, 4) is 0 Å². The summed E-state index contributed by atoms with van der Waals surface area (Å²) in [7, 11) is -1.04. The van der Waals surface area contributed by atoms with Gasteiger partial charge in [-0.2, -0.15) is 12.6 Å². The van der Waals surface area contributed by atoms with Gasteiger partial charge < -0.3 is 45.8 Å². The zero-order valence-corrected chi connectivity index (χ0v) is 59.2. The molecule has 0 aromatic carbocycles. The summed E-state index contributed by atoms with van der Waals surface area (Å²) in [4.78, 5) is 53.7. The van der Waals surface area contributed by atoms with Crippen LogP contribution in [0, 0.1) is 10.8 Å². The molecule has 0 aromatic heterocycles. The van der Waals surface area contributed by atoms with Crippen LogP contribution >= 0.6 is 36.2 Å². The topological polar surface area (TPSA) is 161 Å². The quantitative estimate of drug-likeness (QED) is 0.0201. The van der Waals surface area contributed by atoms with Gasteiger partial charge in [0, 0.05) is 70.0 Å². The second kappa shape index (κ2) is 52.6. The van der Waals surface area contributed by atoms with Gasteiger partial charge in [-0.05, 0) is 111 Å². The van der Waals surface area contributed by atoms with Gasteiger partial charge in [0.05, 0.1) is 17.6 Å². The third kappa shape index (κ3) is 32.8. The second-order valence-corrected chi connectivity index (χ2v) is 26.8. The van der Waals surface area contributed by atoms with Crippen molar-refractivity contribution in [1.29, 1.82) is 0 Å². The third-order valence-electron chi connectivity index (χ3n) is 15.4. The van der Waals surface area contributed by atoms with E-state index in [1.807, 2.05) is 48.5 Å². The van der Waals surface area contributed by atoms with E-state index >= 15 is 0 Å². The Morgan fingerprint density at radius 3 is 1.39 bits per heavy atom. The fourth-order valence-corrected chi connectivity index (χ4v) is 14.7. The van der Waals surface area contributed by atoms with E-state index in [-0.39, 0.29) is 81.4 Å². The summed E-state index contributed by atoms with van der Waals surface area (Å²) >= 11 is 7.35. The van der Waals surface area contributed by atoms with Gasteiger partial charge in [-0.1, -0.05) is 168 Å². The summed E-state index contributed by atoms with van der Waals surface area (Å²) in [5.41, 5.74) is -3.57. The standard InChI is InChI=1S/C62H118O14S3Si3/c1-12-22-26-30-34-41-54(63)67-51-59(16-5,61(69-18-7,46-38-47-77)75-81-72-21-10)52-73-82-74-58(11,45-39-48-78-56(65)43-36-32-28-24-14-3)60(17-6,53-68-55(64)42-35-31-27-23-13-2)62(70-19-8,71-20-9)76-80-50-40-49-79-57(66)44-37-33-29-25-15-4/h77H,12-53H2,1-11H3. The van der Waals surface area contributed by atoms with E-state index in [4.69, 9.17) is 45.8 Å². The fourth-order valence-electron chi connectivity index (χ4n) is 10.2. The van der Waals surface area contributed by atoms with Crippen molar-refractivity contribution < 1.29 is 65.0 Å². The van der Waals surface area contributed by atoms with Gasteiger partial charge in [0.2, 0.25) is 9.76 Å². The van der Waals surface area contributed by atoms with E-state index in [1.54, 1.807) is 0 Å². The van der Waals surface area contributed by atoms with E-state index in [2.05, 4.69) is 40.3 Å². The molecule has 4 atom stereocenters. The van der Waals surface area contributed by atoms with Gasteiger partial charge in [0.15, 0.2) is 16.0 Å². The molecule has 0 amide bonds. The highest BCUT2D eigenvalue weighted by atomic mass is 32.2. The molecule has 0 N–H and O–H groups in total. The molecule has 0 aliphatic rings.